The van der Waals surface area contributed by atoms with E-state index in [2.05, 4.69) is 25.3 Å². The summed E-state index contributed by atoms with van der Waals surface area (Å²) in [7, 11) is 0. The van der Waals surface area contributed by atoms with E-state index >= 15 is 0 Å². The summed E-state index contributed by atoms with van der Waals surface area (Å²) in [6.07, 6.45) is 9.01. The Morgan fingerprint density at radius 3 is 2.70 bits per heavy atom. The van der Waals surface area contributed by atoms with Crippen LogP contribution >= 0.6 is 0 Å². The summed E-state index contributed by atoms with van der Waals surface area (Å²) in [4.78, 5) is 29.1. The standard InChI is InChI=1S/C22H21N5O3/c28-19(21-26-17-2-1-9-24-20(17)27-21)15-3-5-16(6-4-15)30-22-18(23-10-11-25-22)14-7-12-29-13-8-14/h1-6,10-11,14,24H,7-9,12-13H2,(H,26,27). The first-order valence-corrected chi connectivity index (χ1v) is 9.99. The third kappa shape index (κ3) is 3.69. The quantitative estimate of drug-likeness (QED) is 0.628. The zero-order valence-electron chi connectivity index (χ0n) is 16.3. The summed E-state index contributed by atoms with van der Waals surface area (Å²) < 4.78 is 11.4. The van der Waals surface area contributed by atoms with Crippen molar-refractivity contribution in [2.45, 2.75) is 18.8 Å². The number of carbonyl (C=O) groups excluding carboxylic acids is 1. The number of ether oxygens (including phenoxy) is 2. The molecule has 152 valence electrons. The summed E-state index contributed by atoms with van der Waals surface area (Å²) in [6.45, 7) is 2.15. The van der Waals surface area contributed by atoms with Gasteiger partial charge in [0.15, 0.2) is 11.6 Å². The van der Waals surface area contributed by atoms with Gasteiger partial charge < -0.3 is 19.8 Å². The van der Waals surface area contributed by atoms with Crippen molar-refractivity contribution in [3.05, 3.63) is 65.5 Å². The van der Waals surface area contributed by atoms with Gasteiger partial charge in [0.2, 0.25) is 11.7 Å². The fraction of sp³-hybridized carbons (Fsp3) is 0.273. The lowest BCUT2D eigenvalue weighted by Crippen LogP contribution is -2.16. The molecule has 2 aliphatic heterocycles. The topological polar surface area (TPSA) is 102 Å². The van der Waals surface area contributed by atoms with Crippen LogP contribution in [0.15, 0.2) is 42.7 Å². The number of benzene rings is 1. The summed E-state index contributed by atoms with van der Waals surface area (Å²) in [5, 5.41) is 3.14. The van der Waals surface area contributed by atoms with E-state index in [4.69, 9.17) is 9.47 Å². The number of ketones is 1. The molecule has 2 aliphatic rings. The van der Waals surface area contributed by atoms with E-state index in [0.717, 1.165) is 37.4 Å². The summed E-state index contributed by atoms with van der Waals surface area (Å²) in [5.41, 5.74) is 2.19. The number of imidazole rings is 1. The van der Waals surface area contributed by atoms with Gasteiger partial charge >= 0.3 is 0 Å². The first kappa shape index (κ1) is 18.5. The van der Waals surface area contributed by atoms with Crippen LogP contribution in [0.25, 0.3) is 6.08 Å². The Labute approximate surface area is 173 Å². The van der Waals surface area contributed by atoms with Gasteiger partial charge in [-0.05, 0) is 43.2 Å². The maximum absolute atomic E-state index is 12.8. The van der Waals surface area contributed by atoms with Crippen LogP contribution < -0.4 is 10.1 Å². The lowest BCUT2D eigenvalue weighted by atomic mass is 9.96. The number of nitrogens with zero attached hydrogens (tertiary/aromatic N) is 3. The number of nitrogens with one attached hydrogen (secondary N) is 2. The van der Waals surface area contributed by atoms with Gasteiger partial charge in [0.05, 0.1) is 5.69 Å². The van der Waals surface area contributed by atoms with Crippen molar-refractivity contribution in [2.75, 3.05) is 25.1 Å². The Hall–Kier alpha value is -3.52. The molecule has 8 heteroatoms. The molecule has 1 saturated heterocycles. The Balaban J connectivity index is 1.33. The molecule has 3 aromatic rings. The zero-order valence-corrected chi connectivity index (χ0v) is 16.3. The van der Waals surface area contributed by atoms with Gasteiger partial charge in [-0.3, -0.25) is 9.78 Å². The fourth-order valence-electron chi connectivity index (χ4n) is 3.67. The van der Waals surface area contributed by atoms with Crippen molar-refractivity contribution in [1.82, 2.24) is 19.9 Å². The highest BCUT2D eigenvalue weighted by atomic mass is 16.5. The Kier molecular flexibility index (Phi) is 4.98. The predicted octanol–water partition coefficient (Wildman–Crippen LogP) is 3.56. The smallest absolute Gasteiger partial charge is 0.241 e. The number of aromatic amines is 1. The Morgan fingerprint density at radius 2 is 1.90 bits per heavy atom. The molecule has 30 heavy (non-hydrogen) atoms. The number of carbonyl (C=O) groups is 1. The normalized spacial score (nSPS) is 16.0. The van der Waals surface area contributed by atoms with Crippen molar-refractivity contribution >= 4 is 17.7 Å². The minimum absolute atomic E-state index is 0.173. The third-order valence-electron chi connectivity index (χ3n) is 5.25. The molecule has 8 nitrogen and oxygen atoms in total. The largest absolute Gasteiger partial charge is 0.437 e. The number of rotatable bonds is 5. The van der Waals surface area contributed by atoms with Gasteiger partial charge in [0, 0.05) is 43.6 Å². The molecule has 0 saturated carbocycles. The van der Waals surface area contributed by atoms with E-state index in [9.17, 15) is 4.79 Å². The van der Waals surface area contributed by atoms with Gasteiger partial charge in [-0.1, -0.05) is 6.08 Å². The van der Waals surface area contributed by atoms with Gasteiger partial charge in [-0.2, -0.15) is 0 Å². The highest BCUT2D eigenvalue weighted by molar-refractivity contribution is 6.07. The van der Waals surface area contributed by atoms with Gasteiger partial charge in [-0.15, -0.1) is 0 Å². The van der Waals surface area contributed by atoms with Crippen LogP contribution in [0.2, 0.25) is 0 Å². The maximum Gasteiger partial charge on any atom is 0.241 e. The SMILES string of the molecule is O=C(c1ccc(Oc2nccnc2C2CCOCC2)cc1)c1nc2c([nH]1)C=CCN2. The average Bonchev–Trinajstić information content (AvgIpc) is 3.24. The van der Waals surface area contributed by atoms with E-state index in [1.165, 1.54) is 0 Å². The van der Waals surface area contributed by atoms with Crippen LogP contribution in [-0.4, -0.2) is 45.5 Å². The second kappa shape index (κ2) is 8.08. The first-order chi connectivity index (χ1) is 14.8. The monoisotopic (exact) mass is 403 g/mol. The molecule has 0 spiro atoms. The summed E-state index contributed by atoms with van der Waals surface area (Å²) in [5.74, 6) is 2.21. The minimum atomic E-state index is -0.173. The van der Waals surface area contributed by atoms with E-state index in [1.807, 2.05) is 12.2 Å². The number of hydrogen-bond acceptors (Lipinski definition) is 7. The number of anilines is 1. The third-order valence-corrected chi connectivity index (χ3v) is 5.25. The number of aromatic nitrogens is 4. The van der Waals surface area contributed by atoms with Crippen LogP contribution in [-0.2, 0) is 4.74 Å². The van der Waals surface area contributed by atoms with Crippen molar-refractivity contribution in [3.63, 3.8) is 0 Å². The van der Waals surface area contributed by atoms with Crippen molar-refractivity contribution in [3.8, 4) is 11.6 Å². The molecule has 0 amide bonds. The molecule has 2 N–H and O–H groups in total. The van der Waals surface area contributed by atoms with Crippen LogP contribution in [0.4, 0.5) is 5.82 Å². The molecule has 2 aromatic heterocycles. The second-order valence-electron chi connectivity index (χ2n) is 7.22. The van der Waals surface area contributed by atoms with E-state index in [0.29, 0.717) is 35.4 Å². The molecular weight excluding hydrogens is 382 g/mol. The van der Waals surface area contributed by atoms with Crippen molar-refractivity contribution in [1.29, 1.82) is 0 Å². The van der Waals surface area contributed by atoms with E-state index < -0.39 is 0 Å². The average molecular weight is 403 g/mol. The molecule has 0 radical (unpaired) electrons. The number of H-pyrrole nitrogens is 1. The molecule has 0 aliphatic carbocycles. The van der Waals surface area contributed by atoms with E-state index in [-0.39, 0.29) is 11.7 Å². The lowest BCUT2D eigenvalue weighted by Gasteiger charge is -2.22. The van der Waals surface area contributed by atoms with Crippen molar-refractivity contribution < 1.29 is 14.3 Å². The number of hydrogen-bond donors (Lipinski definition) is 2. The Morgan fingerprint density at radius 1 is 1.10 bits per heavy atom. The highest BCUT2D eigenvalue weighted by Crippen LogP contribution is 2.33. The van der Waals surface area contributed by atoms with Gasteiger partial charge in [0.1, 0.15) is 11.4 Å². The van der Waals surface area contributed by atoms with Crippen molar-refractivity contribution in [2.24, 2.45) is 0 Å². The molecule has 4 heterocycles. The predicted molar refractivity (Wildman–Crippen MR) is 111 cm³/mol. The minimum Gasteiger partial charge on any atom is -0.437 e. The molecule has 1 aromatic carbocycles. The van der Waals surface area contributed by atoms with Crippen LogP contribution in [0.3, 0.4) is 0 Å². The van der Waals surface area contributed by atoms with Crippen LogP contribution in [0.1, 0.15) is 46.3 Å². The molecule has 0 unspecified atom stereocenters. The second-order valence-corrected chi connectivity index (χ2v) is 7.22. The van der Waals surface area contributed by atoms with E-state index in [1.54, 1.807) is 36.7 Å². The summed E-state index contributed by atoms with van der Waals surface area (Å²) in [6, 6.07) is 6.98. The number of fused-ring (bicyclic) bond motifs is 1. The molecular formula is C22H21N5O3. The zero-order chi connectivity index (χ0) is 20.3. The van der Waals surface area contributed by atoms with Crippen LogP contribution in [0.5, 0.6) is 11.6 Å². The van der Waals surface area contributed by atoms with Gasteiger partial charge in [0.25, 0.3) is 0 Å². The first-order valence-electron chi connectivity index (χ1n) is 9.99. The van der Waals surface area contributed by atoms with Gasteiger partial charge in [-0.25, -0.2) is 9.97 Å². The molecule has 5 rings (SSSR count). The lowest BCUT2D eigenvalue weighted by molar-refractivity contribution is 0.0839. The fourth-order valence-corrected chi connectivity index (χ4v) is 3.67. The molecule has 1 fully saturated rings. The van der Waals surface area contributed by atoms with Crippen LogP contribution in [0, 0.1) is 0 Å². The molecule has 0 atom stereocenters. The molecule has 0 bridgehead atoms. The maximum atomic E-state index is 12.8. The Bertz CT molecular complexity index is 1080. The highest BCUT2D eigenvalue weighted by Gasteiger charge is 2.22. The summed E-state index contributed by atoms with van der Waals surface area (Å²) >= 11 is 0.